The number of anilines is 1. The number of carbonyl (C=O) groups excluding carboxylic acids is 2. The van der Waals surface area contributed by atoms with Crippen LogP contribution in [0, 0.1) is 5.92 Å². The highest BCUT2D eigenvalue weighted by Gasteiger charge is 2.36. The lowest BCUT2D eigenvalue weighted by atomic mass is 9.92. The Morgan fingerprint density at radius 1 is 1.15 bits per heavy atom. The molecule has 1 saturated heterocycles. The number of amides is 2. The molecular weight excluding hydrogens is 432 g/mol. The highest BCUT2D eigenvalue weighted by molar-refractivity contribution is 7.98. The molecule has 0 saturated carbocycles. The van der Waals surface area contributed by atoms with Gasteiger partial charge in [0.05, 0.1) is 24.7 Å². The van der Waals surface area contributed by atoms with Gasteiger partial charge in [0.15, 0.2) is 0 Å². The van der Waals surface area contributed by atoms with Crippen molar-refractivity contribution in [3.8, 4) is 0 Å². The molecule has 0 bridgehead atoms. The molecule has 1 aromatic heterocycles. The van der Waals surface area contributed by atoms with Crippen LogP contribution in [0.3, 0.4) is 0 Å². The number of hydrogen-bond donors (Lipinski definition) is 1. The Morgan fingerprint density at radius 3 is 2.70 bits per heavy atom. The molecule has 6 nitrogen and oxygen atoms in total. The van der Waals surface area contributed by atoms with Gasteiger partial charge in [0.2, 0.25) is 11.8 Å². The summed E-state index contributed by atoms with van der Waals surface area (Å²) in [6, 6.07) is 18.2. The SMILES string of the molecule is CSc1ccc(N2CC(C(=O)NC3CCCc4c3cnn4Cc3ccccc3)CC2=O)cc1. The highest BCUT2D eigenvalue weighted by Crippen LogP contribution is 2.32. The molecular formula is C26H28N4O2S. The van der Waals surface area contributed by atoms with Crippen molar-refractivity contribution >= 4 is 29.3 Å². The molecule has 2 aromatic carbocycles. The number of nitrogens with zero attached hydrogens (tertiary/aromatic N) is 3. The van der Waals surface area contributed by atoms with Gasteiger partial charge in [-0.3, -0.25) is 14.3 Å². The van der Waals surface area contributed by atoms with Gasteiger partial charge < -0.3 is 10.2 Å². The predicted molar refractivity (Wildman–Crippen MR) is 130 cm³/mol. The van der Waals surface area contributed by atoms with Crippen molar-refractivity contribution in [2.24, 2.45) is 5.92 Å². The van der Waals surface area contributed by atoms with Gasteiger partial charge >= 0.3 is 0 Å². The topological polar surface area (TPSA) is 67.2 Å². The Labute approximate surface area is 198 Å². The van der Waals surface area contributed by atoms with E-state index in [9.17, 15) is 9.59 Å². The fourth-order valence-electron chi connectivity index (χ4n) is 4.85. The summed E-state index contributed by atoms with van der Waals surface area (Å²) in [6.45, 7) is 1.16. The van der Waals surface area contributed by atoms with Gasteiger partial charge in [-0.1, -0.05) is 30.3 Å². The maximum atomic E-state index is 13.1. The molecule has 0 spiro atoms. The molecule has 5 rings (SSSR count). The van der Waals surface area contributed by atoms with Gasteiger partial charge in [0.25, 0.3) is 0 Å². The number of hydrogen-bond acceptors (Lipinski definition) is 4. The van der Waals surface area contributed by atoms with E-state index in [1.807, 2.05) is 54.9 Å². The summed E-state index contributed by atoms with van der Waals surface area (Å²) in [5.41, 5.74) is 4.38. The Kier molecular flexibility index (Phi) is 6.22. The zero-order valence-electron chi connectivity index (χ0n) is 18.7. The fourth-order valence-corrected chi connectivity index (χ4v) is 5.25. The average molecular weight is 461 g/mol. The lowest BCUT2D eigenvalue weighted by Gasteiger charge is -2.25. The zero-order chi connectivity index (χ0) is 22.8. The Hall–Kier alpha value is -3.06. The van der Waals surface area contributed by atoms with E-state index in [1.165, 1.54) is 11.3 Å². The highest BCUT2D eigenvalue weighted by atomic mass is 32.2. The van der Waals surface area contributed by atoms with E-state index >= 15 is 0 Å². The van der Waals surface area contributed by atoms with Crippen LogP contribution >= 0.6 is 11.8 Å². The summed E-state index contributed by atoms with van der Waals surface area (Å²) in [4.78, 5) is 28.7. The quantitative estimate of drug-likeness (QED) is 0.560. The van der Waals surface area contributed by atoms with Crippen molar-refractivity contribution in [3.63, 3.8) is 0 Å². The van der Waals surface area contributed by atoms with Crippen LogP contribution < -0.4 is 10.2 Å². The van der Waals surface area contributed by atoms with Crippen LogP contribution in [0.5, 0.6) is 0 Å². The summed E-state index contributed by atoms with van der Waals surface area (Å²) < 4.78 is 2.06. The van der Waals surface area contributed by atoms with Crippen molar-refractivity contribution in [2.45, 2.75) is 43.2 Å². The van der Waals surface area contributed by atoms with E-state index in [-0.39, 0.29) is 30.2 Å². The third-order valence-electron chi connectivity index (χ3n) is 6.63. The first-order chi connectivity index (χ1) is 16.1. The van der Waals surface area contributed by atoms with Crippen molar-refractivity contribution < 1.29 is 9.59 Å². The molecule has 1 N–H and O–H groups in total. The number of thioether (sulfide) groups is 1. The molecule has 2 aliphatic rings. The first-order valence-electron chi connectivity index (χ1n) is 11.5. The minimum atomic E-state index is -0.331. The van der Waals surface area contributed by atoms with E-state index < -0.39 is 0 Å². The number of rotatable bonds is 6. The number of nitrogens with one attached hydrogen (secondary N) is 1. The number of benzene rings is 2. The number of fused-ring (bicyclic) bond motifs is 1. The van der Waals surface area contributed by atoms with Crippen LogP contribution in [0.1, 0.15) is 42.1 Å². The largest absolute Gasteiger partial charge is 0.349 e. The van der Waals surface area contributed by atoms with Crippen LogP contribution in [0.4, 0.5) is 5.69 Å². The minimum absolute atomic E-state index is 0.00654. The third-order valence-corrected chi connectivity index (χ3v) is 7.38. The van der Waals surface area contributed by atoms with Gasteiger partial charge in [-0.05, 0) is 55.3 Å². The molecule has 0 radical (unpaired) electrons. The second-order valence-electron chi connectivity index (χ2n) is 8.75. The van der Waals surface area contributed by atoms with Crippen LogP contribution in [0.15, 0.2) is 65.7 Å². The lowest BCUT2D eigenvalue weighted by Crippen LogP contribution is -2.36. The summed E-state index contributed by atoms with van der Waals surface area (Å²) in [7, 11) is 0. The van der Waals surface area contributed by atoms with Gasteiger partial charge in [0, 0.05) is 34.8 Å². The standard InChI is InChI=1S/C26H28N4O2S/c1-33-21-12-10-20(11-13-21)29-17-19(14-25(29)31)26(32)28-23-8-5-9-24-22(23)15-27-30(24)16-18-6-3-2-4-7-18/h2-4,6-7,10-13,15,19,23H,5,8-9,14,16-17H2,1H3,(H,28,32). The average Bonchev–Trinajstić information content (AvgIpc) is 3.44. The van der Waals surface area contributed by atoms with E-state index in [2.05, 4.69) is 27.2 Å². The van der Waals surface area contributed by atoms with Gasteiger partial charge in [0.1, 0.15) is 0 Å². The fraction of sp³-hybridized carbons (Fsp3) is 0.346. The molecule has 1 aliphatic carbocycles. The summed E-state index contributed by atoms with van der Waals surface area (Å²) in [6.07, 6.45) is 7.06. The molecule has 2 atom stereocenters. The Balaban J connectivity index is 1.26. The monoisotopic (exact) mass is 460 g/mol. The third kappa shape index (κ3) is 4.55. The van der Waals surface area contributed by atoms with Gasteiger partial charge in [-0.2, -0.15) is 5.10 Å². The molecule has 2 unspecified atom stereocenters. The van der Waals surface area contributed by atoms with Crippen molar-refractivity contribution in [2.75, 3.05) is 17.7 Å². The first kappa shape index (κ1) is 21.8. The second-order valence-corrected chi connectivity index (χ2v) is 9.63. The van der Waals surface area contributed by atoms with E-state index in [0.29, 0.717) is 6.54 Å². The molecule has 7 heteroatoms. The summed E-state index contributed by atoms with van der Waals surface area (Å²) in [5, 5.41) is 7.86. The van der Waals surface area contributed by atoms with Gasteiger partial charge in [-0.15, -0.1) is 11.8 Å². The van der Waals surface area contributed by atoms with Crippen LogP contribution in [-0.2, 0) is 22.6 Å². The van der Waals surface area contributed by atoms with Crippen LogP contribution in [0.25, 0.3) is 0 Å². The minimum Gasteiger partial charge on any atom is -0.349 e. The second kappa shape index (κ2) is 9.43. The van der Waals surface area contributed by atoms with Crippen molar-refractivity contribution in [1.29, 1.82) is 0 Å². The Morgan fingerprint density at radius 2 is 1.94 bits per heavy atom. The van der Waals surface area contributed by atoms with E-state index in [1.54, 1.807) is 16.7 Å². The van der Waals surface area contributed by atoms with Gasteiger partial charge in [-0.25, -0.2) is 0 Å². The molecule has 1 fully saturated rings. The molecule has 3 aromatic rings. The molecule has 1 aliphatic heterocycles. The van der Waals surface area contributed by atoms with Crippen molar-refractivity contribution in [1.82, 2.24) is 15.1 Å². The smallest absolute Gasteiger partial charge is 0.227 e. The van der Waals surface area contributed by atoms with Crippen LogP contribution in [0.2, 0.25) is 0 Å². The lowest BCUT2D eigenvalue weighted by molar-refractivity contribution is -0.127. The maximum Gasteiger partial charge on any atom is 0.227 e. The molecule has 2 heterocycles. The van der Waals surface area contributed by atoms with Crippen LogP contribution in [-0.4, -0.2) is 34.4 Å². The molecule has 2 amide bonds. The zero-order valence-corrected chi connectivity index (χ0v) is 19.6. The van der Waals surface area contributed by atoms with Crippen molar-refractivity contribution in [3.05, 3.63) is 77.6 Å². The molecule has 170 valence electrons. The summed E-state index contributed by atoms with van der Waals surface area (Å²) in [5.74, 6) is -0.366. The predicted octanol–water partition coefficient (Wildman–Crippen LogP) is 4.20. The van der Waals surface area contributed by atoms with E-state index in [0.717, 1.165) is 42.0 Å². The first-order valence-corrected chi connectivity index (χ1v) is 12.7. The summed E-state index contributed by atoms with van der Waals surface area (Å²) >= 11 is 1.67. The Bertz CT molecular complexity index is 1140. The normalized spacial score (nSPS) is 20.0. The number of carbonyl (C=O) groups is 2. The maximum absolute atomic E-state index is 13.1. The molecule has 33 heavy (non-hydrogen) atoms. The number of aromatic nitrogens is 2. The van der Waals surface area contributed by atoms with E-state index in [4.69, 9.17) is 0 Å².